The van der Waals surface area contributed by atoms with Gasteiger partial charge in [-0.2, -0.15) is 0 Å². The summed E-state index contributed by atoms with van der Waals surface area (Å²) in [5.41, 5.74) is 15.1. The molecule has 4 nitrogen and oxygen atoms in total. The van der Waals surface area contributed by atoms with Crippen LogP contribution in [0.1, 0.15) is 67.0 Å². The Bertz CT molecular complexity index is 2450. The van der Waals surface area contributed by atoms with Crippen molar-refractivity contribution in [1.29, 1.82) is 0 Å². The molecular weight excluding hydrogens is 623 g/mol. The number of hydrogen-bond donors (Lipinski definition) is 0. The van der Waals surface area contributed by atoms with Crippen LogP contribution in [0, 0.1) is 19.8 Å². The van der Waals surface area contributed by atoms with Crippen molar-refractivity contribution >= 4 is 33.0 Å². The van der Waals surface area contributed by atoms with Crippen LogP contribution in [0.3, 0.4) is 0 Å². The van der Waals surface area contributed by atoms with Crippen LogP contribution in [0.5, 0.6) is 0 Å². The Balaban J connectivity index is 1.05. The average molecular weight is 664 g/mol. The second-order valence-corrected chi connectivity index (χ2v) is 14.3. The smallest absolute Gasteiger partial charge is 0.243 e. The van der Waals surface area contributed by atoms with Gasteiger partial charge in [-0.1, -0.05) is 115 Å². The molecule has 9 rings (SSSR count). The summed E-state index contributed by atoms with van der Waals surface area (Å²) >= 11 is 0. The summed E-state index contributed by atoms with van der Waals surface area (Å²) in [6, 6.07) is 31.6. The molecule has 0 aliphatic heterocycles. The van der Waals surface area contributed by atoms with Gasteiger partial charge in [0.1, 0.15) is 0 Å². The lowest BCUT2D eigenvalue weighted by molar-refractivity contribution is 0.430. The van der Waals surface area contributed by atoms with E-state index in [4.69, 9.17) is 4.42 Å². The summed E-state index contributed by atoms with van der Waals surface area (Å²) in [4.78, 5) is 0. The molecule has 6 aromatic rings. The minimum absolute atomic E-state index is 0.0553. The van der Waals surface area contributed by atoms with Gasteiger partial charge in [-0.3, -0.25) is 0 Å². The maximum atomic E-state index is 6.22. The van der Waals surface area contributed by atoms with Crippen molar-refractivity contribution in [3.05, 3.63) is 173 Å². The largest absolute Gasteiger partial charge is 0.420 e. The Hall–Kier alpha value is -5.74. The highest BCUT2D eigenvalue weighted by Gasteiger charge is 2.27. The van der Waals surface area contributed by atoms with Gasteiger partial charge in [-0.15, -0.1) is 10.2 Å². The number of aryl methyl sites for hydroxylation is 2. The molecule has 4 heteroatoms. The quantitative estimate of drug-likeness (QED) is 0.178. The first kappa shape index (κ1) is 31.3. The van der Waals surface area contributed by atoms with Crippen molar-refractivity contribution in [2.75, 3.05) is 0 Å². The molecule has 0 amide bonds. The third-order valence-electron chi connectivity index (χ3n) is 10.8. The third kappa shape index (κ3) is 5.65. The summed E-state index contributed by atoms with van der Waals surface area (Å²) in [7, 11) is 0. The van der Waals surface area contributed by atoms with Crippen LogP contribution in [-0.2, 0) is 0 Å². The van der Waals surface area contributed by atoms with Crippen molar-refractivity contribution in [2.24, 2.45) is 5.92 Å². The van der Waals surface area contributed by atoms with E-state index in [1.165, 1.54) is 72.0 Å². The molecule has 2 aromatic heterocycles. The van der Waals surface area contributed by atoms with Crippen LogP contribution >= 0.6 is 0 Å². The van der Waals surface area contributed by atoms with E-state index in [1.54, 1.807) is 0 Å². The Morgan fingerprint density at radius 3 is 2.18 bits per heavy atom. The molecule has 2 unspecified atom stereocenters. The molecule has 4 aromatic carbocycles. The van der Waals surface area contributed by atoms with E-state index in [2.05, 4.69) is 169 Å². The lowest BCUT2D eigenvalue weighted by atomic mass is 9.80. The van der Waals surface area contributed by atoms with E-state index < -0.39 is 0 Å². The van der Waals surface area contributed by atoms with Gasteiger partial charge in [0.2, 0.25) is 11.8 Å². The number of fused-ring (bicyclic) bond motifs is 3. The van der Waals surface area contributed by atoms with Crippen LogP contribution in [0.15, 0.2) is 149 Å². The molecule has 3 aliphatic carbocycles. The molecule has 0 N–H and O–H groups in total. The maximum Gasteiger partial charge on any atom is 0.243 e. The lowest BCUT2D eigenvalue weighted by Crippen LogP contribution is -2.11. The highest BCUT2D eigenvalue weighted by Crippen LogP contribution is 2.42. The van der Waals surface area contributed by atoms with Crippen molar-refractivity contribution in [1.82, 2.24) is 14.8 Å². The molecule has 250 valence electrons. The van der Waals surface area contributed by atoms with Gasteiger partial charge >= 0.3 is 0 Å². The zero-order valence-corrected chi connectivity index (χ0v) is 29.4. The third-order valence-corrected chi connectivity index (χ3v) is 10.8. The predicted octanol–water partition coefficient (Wildman–Crippen LogP) is 12.2. The zero-order chi connectivity index (χ0) is 34.5. The van der Waals surface area contributed by atoms with E-state index in [0.29, 0.717) is 11.8 Å². The second kappa shape index (κ2) is 12.9. The van der Waals surface area contributed by atoms with Crippen LogP contribution in [0.25, 0.3) is 49.8 Å². The monoisotopic (exact) mass is 663 g/mol. The normalized spacial score (nSPS) is 18.9. The van der Waals surface area contributed by atoms with Gasteiger partial charge in [0.15, 0.2) is 0 Å². The highest BCUT2D eigenvalue weighted by molar-refractivity contribution is 6.09. The molecule has 0 saturated carbocycles. The molecule has 2 heterocycles. The van der Waals surface area contributed by atoms with Gasteiger partial charge in [0, 0.05) is 22.0 Å². The van der Waals surface area contributed by atoms with E-state index in [0.717, 1.165) is 31.3 Å². The standard InChI is InChI=1S/C47H41N3O/c1-30-17-25-44-42(27-30)43-28-31(2)18-26-45(43)50(44)36-22-19-33(20-23-36)38-13-7-9-15-40(38)41-16-10-8-14-39(41)35-21-24-37(32(3)29-35)47-49-48-46(51-47)34-11-5-4-6-12-34/h4-5,7-9,11,13-15,17-29,32,37H,6,10,12,16H2,1-3H3. The summed E-state index contributed by atoms with van der Waals surface area (Å²) in [5, 5.41) is 11.5. The molecule has 3 aliphatic rings. The zero-order valence-electron chi connectivity index (χ0n) is 29.4. The lowest BCUT2D eigenvalue weighted by Gasteiger charge is -2.25. The number of nitrogens with zero attached hydrogens (tertiary/aromatic N) is 3. The van der Waals surface area contributed by atoms with E-state index in [1.807, 2.05) is 0 Å². The minimum atomic E-state index is 0.0553. The number of rotatable bonds is 6. The molecule has 0 spiro atoms. The fraction of sp³-hybridized carbons (Fsp3) is 0.191. The van der Waals surface area contributed by atoms with Crippen LogP contribution in [0.4, 0.5) is 0 Å². The first-order valence-electron chi connectivity index (χ1n) is 18.2. The van der Waals surface area contributed by atoms with Crippen LogP contribution < -0.4 is 0 Å². The Labute approximate surface area is 299 Å². The first-order chi connectivity index (χ1) is 25.0. The summed E-state index contributed by atoms with van der Waals surface area (Å²) < 4.78 is 8.62. The molecule has 0 radical (unpaired) electrons. The van der Waals surface area contributed by atoms with Gasteiger partial charge in [-0.05, 0) is 115 Å². The fourth-order valence-electron chi connectivity index (χ4n) is 8.12. The van der Waals surface area contributed by atoms with Crippen molar-refractivity contribution in [3.63, 3.8) is 0 Å². The summed E-state index contributed by atoms with van der Waals surface area (Å²) in [5.74, 6) is 1.61. The van der Waals surface area contributed by atoms with Crippen molar-refractivity contribution in [3.8, 4) is 16.8 Å². The fourth-order valence-corrected chi connectivity index (χ4v) is 8.12. The first-order valence-corrected chi connectivity index (χ1v) is 18.2. The maximum absolute atomic E-state index is 6.22. The number of benzene rings is 4. The summed E-state index contributed by atoms with van der Waals surface area (Å²) in [6.07, 6.45) is 21.8. The Morgan fingerprint density at radius 2 is 1.47 bits per heavy atom. The van der Waals surface area contributed by atoms with E-state index >= 15 is 0 Å². The highest BCUT2D eigenvalue weighted by atomic mass is 16.4. The molecule has 0 fully saturated rings. The Kier molecular flexibility index (Phi) is 7.88. The second-order valence-electron chi connectivity index (χ2n) is 14.3. The van der Waals surface area contributed by atoms with Crippen molar-refractivity contribution in [2.45, 2.75) is 52.4 Å². The average Bonchev–Trinajstić information content (AvgIpc) is 3.78. The minimum Gasteiger partial charge on any atom is -0.420 e. The molecule has 51 heavy (non-hydrogen) atoms. The topological polar surface area (TPSA) is 43.9 Å². The summed E-state index contributed by atoms with van der Waals surface area (Å²) in [6.45, 7) is 6.60. The molecular formula is C47H41N3O. The van der Waals surface area contributed by atoms with Crippen LogP contribution in [-0.4, -0.2) is 14.8 Å². The van der Waals surface area contributed by atoms with E-state index in [-0.39, 0.29) is 11.8 Å². The predicted molar refractivity (Wildman–Crippen MR) is 211 cm³/mol. The van der Waals surface area contributed by atoms with Gasteiger partial charge in [0.25, 0.3) is 0 Å². The number of hydrogen-bond acceptors (Lipinski definition) is 3. The molecule has 0 bridgehead atoms. The van der Waals surface area contributed by atoms with E-state index in [9.17, 15) is 0 Å². The van der Waals surface area contributed by atoms with Gasteiger partial charge < -0.3 is 8.98 Å². The number of allylic oxidation sites excluding steroid dienone is 12. The SMILES string of the molecule is Cc1ccc2c(c1)c1cc(C)ccc1n2-c1ccc(-c2ccccc2C2=C(C3=CC(C)C(c4nnc(C5=CC=CCC5)o4)C=C3)C=CCC2)cc1. The molecule has 0 saturated heterocycles. The van der Waals surface area contributed by atoms with Crippen LogP contribution in [0.2, 0.25) is 0 Å². The van der Waals surface area contributed by atoms with Crippen molar-refractivity contribution < 1.29 is 4.42 Å². The molecule has 2 atom stereocenters. The van der Waals surface area contributed by atoms with Gasteiger partial charge in [-0.25, -0.2) is 0 Å². The Morgan fingerprint density at radius 1 is 0.745 bits per heavy atom. The van der Waals surface area contributed by atoms with Gasteiger partial charge in [0.05, 0.1) is 17.0 Å². The number of aromatic nitrogens is 3.